The summed E-state index contributed by atoms with van der Waals surface area (Å²) in [5.74, 6) is 0.392. The van der Waals surface area contributed by atoms with Crippen LogP contribution in [-0.4, -0.2) is 46.5 Å². The van der Waals surface area contributed by atoms with Crippen molar-refractivity contribution < 1.29 is 21.2 Å². The lowest BCUT2D eigenvalue weighted by Crippen LogP contribution is -2.35. The second-order valence-corrected chi connectivity index (χ2v) is 11.9. The Bertz CT molecular complexity index is 1030. The van der Waals surface area contributed by atoms with Crippen molar-refractivity contribution in [2.45, 2.75) is 40.4 Å². The van der Waals surface area contributed by atoms with Gasteiger partial charge in [-0.1, -0.05) is 6.42 Å². The Hall–Kier alpha value is -1.46. The van der Waals surface area contributed by atoms with E-state index in [-0.39, 0.29) is 22.2 Å². The lowest BCUT2D eigenvalue weighted by atomic mass is 10.2. The second-order valence-electron chi connectivity index (χ2n) is 6.99. The van der Waals surface area contributed by atoms with E-state index in [1.54, 1.807) is 12.1 Å². The van der Waals surface area contributed by atoms with Gasteiger partial charge in [0.05, 0.1) is 9.79 Å². The van der Waals surface area contributed by atoms with Crippen molar-refractivity contribution in [3.8, 4) is 0 Å². The van der Waals surface area contributed by atoms with E-state index in [2.05, 4.69) is 4.72 Å². The molecule has 1 saturated heterocycles. The van der Waals surface area contributed by atoms with E-state index >= 15 is 0 Å². The third kappa shape index (κ3) is 6.04. The predicted octanol–water partition coefficient (Wildman–Crippen LogP) is 3.46. The molecule has 2 aromatic carbocycles. The Morgan fingerprint density at radius 3 is 2.10 bits per heavy atom. The summed E-state index contributed by atoms with van der Waals surface area (Å²) in [7, 11) is -7.30. The highest BCUT2D eigenvalue weighted by atomic mass is 32.2. The van der Waals surface area contributed by atoms with Crippen LogP contribution in [0.1, 0.15) is 25.7 Å². The van der Waals surface area contributed by atoms with Crippen molar-refractivity contribution in [2.24, 2.45) is 0 Å². The van der Waals surface area contributed by atoms with Crippen LogP contribution in [0, 0.1) is 5.82 Å². The molecule has 164 valence electrons. The number of rotatable bonds is 9. The molecule has 0 amide bonds. The average molecular weight is 473 g/mol. The summed E-state index contributed by atoms with van der Waals surface area (Å²) in [4.78, 5) is 1.06. The fraction of sp³-hybridized carbons (Fsp3) is 0.400. The average Bonchev–Trinajstić information content (AvgIpc) is 2.75. The first-order valence-corrected chi connectivity index (χ1v) is 13.7. The van der Waals surface area contributed by atoms with Crippen LogP contribution >= 0.6 is 11.8 Å². The van der Waals surface area contributed by atoms with Crippen molar-refractivity contribution in [3.05, 3.63) is 54.3 Å². The molecule has 30 heavy (non-hydrogen) atoms. The van der Waals surface area contributed by atoms with Crippen LogP contribution in [0.5, 0.6) is 0 Å². The molecular weight excluding hydrogens is 447 g/mol. The van der Waals surface area contributed by atoms with E-state index in [1.807, 2.05) is 0 Å². The monoisotopic (exact) mass is 472 g/mol. The van der Waals surface area contributed by atoms with Gasteiger partial charge in [-0.3, -0.25) is 0 Å². The first kappa shape index (κ1) is 23.2. The molecule has 1 aliphatic rings. The molecular formula is C20H25FN2O4S3. The minimum absolute atomic E-state index is 0.0336. The third-order valence-corrected chi connectivity index (χ3v) is 9.27. The molecule has 1 heterocycles. The van der Waals surface area contributed by atoms with Gasteiger partial charge in [-0.2, -0.15) is 4.31 Å². The Balaban J connectivity index is 1.52. The highest BCUT2D eigenvalue weighted by molar-refractivity contribution is 7.99. The zero-order valence-electron chi connectivity index (χ0n) is 16.5. The summed E-state index contributed by atoms with van der Waals surface area (Å²) in [5.41, 5.74) is 0. The molecule has 0 spiro atoms. The molecule has 0 aliphatic carbocycles. The second kappa shape index (κ2) is 10.2. The molecule has 0 aromatic heterocycles. The fourth-order valence-corrected chi connectivity index (χ4v) is 6.57. The molecule has 1 aliphatic heterocycles. The summed E-state index contributed by atoms with van der Waals surface area (Å²) in [5, 5.41) is 0. The van der Waals surface area contributed by atoms with Crippen molar-refractivity contribution in [1.82, 2.24) is 9.03 Å². The van der Waals surface area contributed by atoms with Gasteiger partial charge in [0, 0.05) is 24.5 Å². The van der Waals surface area contributed by atoms with Crippen LogP contribution in [-0.2, 0) is 20.0 Å². The van der Waals surface area contributed by atoms with Gasteiger partial charge >= 0.3 is 0 Å². The van der Waals surface area contributed by atoms with Crippen LogP contribution in [0.4, 0.5) is 4.39 Å². The van der Waals surface area contributed by atoms with Crippen molar-refractivity contribution in [2.75, 3.05) is 25.4 Å². The number of hydrogen-bond acceptors (Lipinski definition) is 5. The maximum absolute atomic E-state index is 12.9. The van der Waals surface area contributed by atoms with E-state index in [0.717, 1.165) is 24.2 Å². The number of benzene rings is 2. The molecule has 2 aromatic rings. The molecule has 3 rings (SSSR count). The molecule has 10 heteroatoms. The number of nitrogens with zero attached hydrogens (tertiary/aromatic N) is 1. The number of hydrogen-bond donors (Lipinski definition) is 1. The summed E-state index contributed by atoms with van der Waals surface area (Å²) in [6, 6.07) is 11.5. The Morgan fingerprint density at radius 1 is 0.867 bits per heavy atom. The van der Waals surface area contributed by atoms with Gasteiger partial charge in [-0.05, 0) is 73.5 Å². The van der Waals surface area contributed by atoms with Gasteiger partial charge in [0.25, 0.3) is 0 Å². The molecule has 0 radical (unpaired) electrons. The third-order valence-electron chi connectivity index (χ3n) is 4.78. The van der Waals surface area contributed by atoms with Gasteiger partial charge in [-0.25, -0.2) is 25.9 Å². The van der Waals surface area contributed by atoms with Gasteiger partial charge < -0.3 is 0 Å². The molecule has 0 atom stereocenters. The van der Waals surface area contributed by atoms with E-state index in [1.165, 1.54) is 52.5 Å². The minimum Gasteiger partial charge on any atom is -0.211 e. The number of piperidine rings is 1. The lowest BCUT2D eigenvalue weighted by Gasteiger charge is -2.25. The largest absolute Gasteiger partial charge is 0.243 e. The number of halogens is 1. The van der Waals surface area contributed by atoms with Crippen molar-refractivity contribution in [1.29, 1.82) is 0 Å². The lowest BCUT2D eigenvalue weighted by molar-refractivity contribution is 0.346. The van der Waals surface area contributed by atoms with Gasteiger partial charge in [0.2, 0.25) is 20.0 Å². The molecule has 1 N–H and O–H groups in total. The van der Waals surface area contributed by atoms with Crippen molar-refractivity contribution >= 4 is 31.8 Å². The first-order chi connectivity index (χ1) is 14.3. The quantitative estimate of drug-likeness (QED) is 0.446. The molecule has 6 nitrogen and oxygen atoms in total. The number of sulfonamides is 2. The molecule has 0 saturated carbocycles. The van der Waals surface area contributed by atoms with Crippen LogP contribution in [0.2, 0.25) is 0 Å². The highest BCUT2D eigenvalue weighted by Crippen LogP contribution is 2.22. The van der Waals surface area contributed by atoms with E-state index in [4.69, 9.17) is 0 Å². The fourth-order valence-electron chi connectivity index (χ4n) is 3.13. The van der Waals surface area contributed by atoms with Gasteiger partial charge in [0.15, 0.2) is 0 Å². The number of thioether (sulfide) groups is 1. The molecule has 0 bridgehead atoms. The molecule has 1 fully saturated rings. The van der Waals surface area contributed by atoms with Crippen LogP contribution in [0.25, 0.3) is 0 Å². The summed E-state index contributed by atoms with van der Waals surface area (Å²) < 4.78 is 67.1. The summed E-state index contributed by atoms with van der Waals surface area (Å²) >= 11 is 1.52. The van der Waals surface area contributed by atoms with E-state index < -0.39 is 20.0 Å². The standard InChI is InChI=1S/C20H25FN2O4S3/c21-17-5-7-18(8-6-17)28-16-4-13-22-29(24,25)19-9-11-20(12-10-19)30(26,27)23-14-2-1-3-15-23/h5-12,22H,1-4,13-16H2. The van der Waals surface area contributed by atoms with Crippen LogP contribution in [0.3, 0.4) is 0 Å². The topological polar surface area (TPSA) is 83.5 Å². The summed E-state index contributed by atoms with van der Waals surface area (Å²) in [6.07, 6.45) is 3.31. The van der Waals surface area contributed by atoms with Gasteiger partial charge in [-0.15, -0.1) is 11.8 Å². The zero-order valence-corrected chi connectivity index (χ0v) is 18.9. The molecule has 0 unspecified atom stereocenters. The first-order valence-electron chi connectivity index (χ1n) is 9.77. The Labute approximate surface area is 182 Å². The normalized spacial score (nSPS) is 15.9. The Morgan fingerprint density at radius 2 is 1.47 bits per heavy atom. The Kier molecular flexibility index (Phi) is 7.92. The highest BCUT2D eigenvalue weighted by Gasteiger charge is 2.26. The van der Waals surface area contributed by atoms with E-state index in [9.17, 15) is 21.2 Å². The maximum atomic E-state index is 12.9. The maximum Gasteiger partial charge on any atom is 0.243 e. The van der Waals surface area contributed by atoms with E-state index in [0.29, 0.717) is 25.3 Å². The number of nitrogens with one attached hydrogen (secondary N) is 1. The smallest absolute Gasteiger partial charge is 0.211 e. The van der Waals surface area contributed by atoms with Crippen molar-refractivity contribution in [3.63, 3.8) is 0 Å². The zero-order chi connectivity index (χ0) is 21.6. The summed E-state index contributed by atoms with van der Waals surface area (Å²) in [6.45, 7) is 1.25. The van der Waals surface area contributed by atoms with Gasteiger partial charge in [0.1, 0.15) is 5.82 Å². The minimum atomic E-state index is -3.72. The SMILES string of the molecule is O=S(=O)(NCCCSc1ccc(F)cc1)c1ccc(S(=O)(=O)N2CCCCC2)cc1. The predicted molar refractivity (Wildman–Crippen MR) is 116 cm³/mol. The van der Waals surface area contributed by atoms with Crippen LogP contribution in [0.15, 0.2) is 63.2 Å². The van der Waals surface area contributed by atoms with Crippen LogP contribution < -0.4 is 4.72 Å².